The molecule has 0 aromatic carbocycles. The lowest BCUT2D eigenvalue weighted by Crippen LogP contribution is -2.29. The van der Waals surface area contributed by atoms with E-state index in [9.17, 15) is 0 Å². The van der Waals surface area contributed by atoms with Gasteiger partial charge in [-0.15, -0.1) is 11.3 Å². The highest BCUT2D eigenvalue weighted by atomic mass is 32.1. The molecule has 0 radical (unpaired) electrons. The van der Waals surface area contributed by atoms with Crippen molar-refractivity contribution in [2.75, 3.05) is 16.8 Å². The van der Waals surface area contributed by atoms with Gasteiger partial charge in [0, 0.05) is 35.4 Å². The van der Waals surface area contributed by atoms with Crippen molar-refractivity contribution in [2.24, 2.45) is 0 Å². The van der Waals surface area contributed by atoms with E-state index >= 15 is 0 Å². The Morgan fingerprint density at radius 2 is 2.20 bits per heavy atom. The maximum atomic E-state index is 4.38. The molecule has 0 fully saturated rings. The molecule has 0 aliphatic rings. The summed E-state index contributed by atoms with van der Waals surface area (Å²) in [5, 5.41) is 5.49. The first-order chi connectivity index (χ1) is 9.70. The van der Waals surface area contributed by atoms with Crippen LogP contribution in [0, 0.1) is 0 Å². The molecule has 0 unspecified atom stereocenters. The summed E-state index contributed by atoms with van der Waals surface area (Å²) in [6, 6.07) is 8.99. The molecule has 2 aromatic rings. The van der Waals surface area contributed by atoms with Crippen LogP contribution in [0.15, 0.2) is 35.8 Å². The van der Waals surface area contributed by atoms with Gasteiger partial charge in [-0.1, -0.05) is 13.0 Å². The van der Waals surface area contributed by atoms with Gasteiger partial charge in [0.1, 0.15) is 5.82 Å². The van der Waals surface area contributed by atoms with Gasteiger partial charge in [0.05, 0.1) is 6.54 Å². The van der Waals surface area contributed by atoms with E-state index in [1.165, 1.54) is 10.6 Å². The molecule has 20 heavy (non-hydrogen) atoms. The molecule has 0 aliphatic carbocycles. The van der Waals surface area contributed by atoms with E-state index in [-0.39, 0.29) is 0 Å². The molecular weight excluding hydrogens is 266 g/mol. The van der Waals surface area contributed by atoms with Crippen molar-refractivity contribution in [3.63, 3.8) is 0 Å². The third-order valence-corrected chi connectivity index (χ3v) is 4.02. The first-order valence-corrected chi connectivity index (χ1v) is 8.07. The minimum atomic E-state index is 0.457. The Labute approximate surface area is 125 Å². The van der Waals surface area contributed by atoms with Crippen molar-refractivity contribution < 1.29 is 0 Å². The second kappa shape index (κ2) is 7.29. The zero-order valence-corrected chi connectivity index (χ0v) is 13.3. The molecule has 0 amide bonds. The summed E-state index contributed by atoms with van der Waals surface area (Å²) in [5.74, 6) is 0.959. The SMILES string of the molecule is CCCNc1cc(N(Cc2cccs2)C(C)C)ccn1. The van der Waals surface area contributed by atoms with Gasteiger partial charge in [-0.2, -0.15) is 0 Å². The second-order valence-corrected chi connectivity index (χ2v) is 6.16. The highest BCUT2D eigenvalue weighted by Crippen LogP contribution is 2.23. The summed E-state index contributed by atoms with van der Waals surface area (Å²) in [7, 11) is 0. The lowest BCUT2D eigenvalue weighted by molar-refractivity contribution is 0.687. The average molecular weight is 289 g/mol. The van der Waals surface area contributed by atoms with E-state index in [1.807, 2.05) is 17.5 Å². The number of hydrogen-bond donors (Lipinski definition) is 1. The van der Waals surface area contributed by atoms with E-state index in [4.69, 9.17) is 0 Å². The Morgan fingerprint density at radius 3 is 2.85 bits per heavy atom. The minimum Gasteiger partial charge on any atom is -0.370 e. The monoisotopic (exact) mass is 289 g/mol. The van der Waals surface area contributed by atoms with E-state index in [0.29, 0.717) is 6.04 Å². The molecule has 4 heteroatoms. The van der Waals surface area contributed by atoms with Gasteiger partial charge in [0.25, 0.3) is 0 Å². The molecule has 0 aliphatic heterocycles. The number of pyridine rings is 1. The third-order valence-electron chi connectivity index (χ3n) is 3.16. The van der Waals surface area contributed by atoms with Crippen molar-refractivity contribution in [3.05, 3.63) is 40.7 Å². The van der Waals surface area contributed by atoms with Gasteiger partial charge in [0.15, 0.2) is 0 Å². The van der Waals surface area contributed by atoms with Crippen LogP contribution in [0.4, 0.5) is 11.5 Å². The zero-order valence-electron chi connectivity index (χ0n) is 12.5. The van der Waals surface area contributed by atoms with Crippen molar-refractivity contribution >= 4 is 22.8 Å². The van der Waals surface area contributed by atoms with Crippen molar-refractivity contribution in [2.45, 2.75) is 39.8 Å². The Bertz CT molecular complexity index is 508. The average Bonchev–Trinajstić information content (AvgIpc) is 2.95. The zero-order chi connectivity index (χ0) is 14.4. The minimum absolute atomic E-state index is 0.457. The maximum Gasteiger partial charge on any atom is 0.127 e. The van der Waals surface area contributed by atoms with Crippen molar-refractivity contribution in [3.8, 4) is 0 Å². The molecule has 0 bridgehead atoms. The number of hydrogen-bond acceptors (Lipinski definition) is 4. The van der Waals surface area contributed by atoms with E-state index in [1.54, 1.807) is 0 Å². The lowest BCUT2D eigenvalue weighted by atomic mass is 10.2. The molecule has 0 saturated heterocycles. The number of nitrogens with zero attached hydrogens (tertiary/aromatic N) is 2. The predicted octanol–water partition coefficient (Wildman–Crippen LogP) is 4.38. The van der Waals surface area contributed by atoms with Crippen LogP contribution >= 0.6 is 11.3 Å². The summed E-state index contributed by atoms with van der Waals surface area (Å²) >= 11 is 1.81. The fourth-order valence-electron chi connectivity index (χ4n) is 2.09. The standard InChI is InChI=1S/C16H23N3S/c1-4-8-17-16-11-14(7-9-18-16)19(13(2)3)12-15-6-5-10-20-15/h5-7,9-11,13H,4,8,12H2,1-3H3,(H,17,18). The number of rotatable bonds is 7. The highest BCUT2D eigenvalue weighted by molar-refractivity contribution is 7.09. The van der Waals surface area contributed by atoms with E-state index in [2.05, 4.69) is 65.6 Å². The Morgan fingerprint density at radius 1 is 1.35 bits per heavy atom. The molecule has 3 nitrogen and oxygen atoms in total. The third kappa shape index (κ3) is 3.97. The summed E-state index contributed by atoms with van der Waals surface area (Å²) < 4.78 is 0. The predicted molar refractivity (Wildman–Crippen MR) is 88.7 cm³/mol. The number of thiophene rings is 1. The Hall–Kier alpha value is -1.55. The number of aromatic nitrogens is 1. The topological polar surface area (TPSA) is 28.2 Å². The van der Waals surface area contributed by atoms with Crippen LogP contribution in [0.1, 0.15) is 32.1 Å². The fourth-order valence-corrected chi connectivity index (χ4v) is 2.79. The van der Waals surface area contributed by atoms with Crippen molar-refractivity contribution in [1.29, 1.82) is 0 Å². The molecular formula is C16H23N3S. The van der Waals surface area contributed by atoms with Crippen LogP contribution in [0.2, 0.25) is 0 Å². The van der Waals surface area contributed by atoms with Gasteiger partial charge in [-0.25, -0.2) is 4.98 Å². The van der Waals surface area contributed by atoms with Crippen LogP contribution in [0.25, 0.3) is 0 Å². The molecule has 1 N–H and O–H groups in total. The Balaban J connectivity index is 2.16. The quantitative estimate of drug-likeness (QED) is 0.820. The molecule has 0 saturated carbocycles. The van der Waals surface area contributed by atoms with Crippen LogP contribution in [-0.4, -0.2) is 17.6 Å². The summed E-state index contributed by atoms with van der Waals surface area (Å²) in [5.41, 5.74) is 1.22. The summed E-state index contributed by atoms with van der Waals surface area (Å²) in [6.45, 7) is 8.53. The first-order valence-electron chi connectivity index (χ1n) is 7.19. The van der Waals surface area contributed by atoms with Crippen LogP contribution in [-0.2, 0) is 6.54 Å². The van der Waals surface area contributed by atoms with Crippen LogP contribution in [0.3, 0.4) is 0 Å². The van der Waals surface area contributed by atoms with Gasteiger partial charge in [-0.3, -0.25) is 0 Å². The fraction of sp³-hybridized carbons (Fsp3) is 0.438. The number of anilines is 2. The van der Waals surface area contributed by atoms with Gasteiger partial charge < -0.3 is 10.2 Å². The molecule has 2 heterocycles. The lowest BCUT2D eigenvalue weighted by Gasteiger charge is -2.28. The maximum absolute atomic E-state index is 4.38. The second-order valence-electron chi connectivity index (χ2n) is 5.13. The normalized spacial score (nSPS) is 10.8. The molecule has 2 aromatic heterocycles. The van der Waals surface area contributed by atoms with E-state index in [0.717, 1.165) is 25.3 Å². The van der Waals surface area contributed by atoms with Crippen LogP contribution < -0.4 is 10.2 Å². The molecule has 2 rings (SSSR count). The van der Waals surface area contributed by atoms with Crippen molar-refractivity contribution in [1.82, 2.24) is 4.98 Å². The first kappa shape index (κ1) is 14.9. The summed E-state index contributed by atoms with van der Waals surface area (Å²) in [6.07, 6.45) is 2.99. The largest absolute Gasteiger partial charge is 0.370 e. The van der Waals surface area contributed by atoms with E-state index < -0.39 is 0 Å². The van der Waals surface area contributed by atoms with Gasteiger partial charge in [-0.05, 0) is 37.8 Å². The highest BCUT2D eigenvalue weighted by Gasteiger charge is 2.12. The number of nitrogens with one attached hydrogen (secondary N) is 1. The van der Waals surface area contributed by atoms with Gasteiger partial charge >= 0.3 is 0 Å². The molecule has 0 atom stereocenters. The Kier molecular flexibility index (Phi) is 5.41. The summed E-state index contributed by atoms with van der Waals surface area (Å²) in [4.78, 5) is 8.18. The molecule has 0 spiro atoms. The van der Waals surface area contributed by atoms with Gasteiger partial charge in [0.2, 0.25) is 0 Å². The molecule has 108 valence electrons. The smallest absolute Gasteiger partial charge is 0.127 e. The van der Waals surface area contributed by atoms with Crippen LogP contribution in [0.5, 0.6) is 0 Å².